The largest absolute Gasteiger partial charge is 0.496 e. The van der Waals surface area contributed by atoms with Crippen LogP contribution in [0.4, 0.5) is 0 Å². The molecule has 184 valence electrons. The number of carbonyl (C=O) groups excluding carboxylic acids is 2. The molecule has 0 unspecified atom stereocenters. The van der Waals surface area contributed by atoms with Crippen LogP contribution in [0.3, 0.4) is 0 Å². The number of rotatable bonds is 8. The van der Waals surface area contributed by atoms with Gasteiger partial charge in [0.2, 0.25) is 5.91 Å². The van der Waals surface area contributed by atoms with Crippen LogP contribution in [-0.2, 0) is 20.9 Å². The van der Waals surface area contributed by atoms with Crippen LogP contribution in [0.5, 0.6) is 5.75 Å². The predicted molar refractivity (Wildman–Crippen MR) is 135 cm³/mol. The van der Waals surface area contributed by atoms with E-state index >= 15 is 0 Å². The number of hydrogen-bond donors (Lipinski definition) is 0. The Morgan fingerprint density at radius 1 is 1.14 bits per heavy atom. The Bertz CT molecular complexity index is 1280. The van der Waals surface area contributed by atoms with Crippen molar-refractivity contribution < 1.29 is 19.1 Å². The van der Waals surface area contributed by atoms with E-state index < -0.39 is 0 Å². The van der Waals surface area contributed by atoms with E-state index in [4.69, 9.17) is 14.5 Å². The second kappa shape index (κ2) is 11.4. The lowest BCUT2D eigenvalue weighted by molar-refractivity contribution is -0.151. The Morgan fingerprint density at radius 3 is 2.71 bits per heavy atom. The maximum Gasteiger partial charge on any atom is 0.310 e. The number of methoxy groups -OCH3 is 1. The molecule has 1 aliphatic heterocycles. The Balaban J connectivity index is 1.57. The maximum absolute atomic E-state index is 13.4. The van der Waals surface area contributed by atoms with Crippen LogP contribution in [-0.4, -0.2) is 58.9 Å². The topological polar surface area (TPSA) is 90.7 Å². The zero-order chi connectivity index (χ0) is 24.8. The van der Waals surface area contributed by atoms with Gasteiger partial charge in [0.1, 0.15) is 5.75 Å². The van der Waals surface area contributed by atoms with Crippen molar-refractivity contribution >= 4 is 34.5 Å². The summed E-state index contributed by atoms with van der Waals surface area (Å²) in [6.07, 6.45) is 1.48. The Hall–Kier alpha value is -3.33. The van der Waals surface area contributed by atoms with Gasteiger partial charge in [0, 0.05) is 18.7 Å². The highest BCUT2D eigenvalue weighted by Crippen LogP contribution is 2.24. The third-order valence-corrected chi connectivity index (χ3v) is 7.03. The van der Waals surface area contributed by atoms with E-state index in [1.165, 1.54) is 11.8 Å². The summed E-state index contributed by atoms with van der Waals surface area (Å²) >= 11 is 1.23. The number of benzene rings is 2. The van der Waals surface area contributed by atoms with E-state index in [1.807, 2.05) is 36.4 Å². The van der Waals surface area contributed by atoms with Crippen LogP contribution in [0.15, 0.2) is 58.5 Å². The van der Waals surface area contributed by atoms with Gasteiger partial charge >= 0.3 is 5.97 Å². The summed E-state index contributed by atoms with van der Waals surface area (Å²) in [5, 5.41) is 0.985. The van der Waals surface area contributed by atoms with Gasteiger partial charge in [-0.1, -0.05) is 42.1 Å². The van der Waals surface area contributed by atoms with Gasteiger partial charge in [0.05, 0.1) is 42.8 Å². The van der Waals surface area contributed by atoms with Crippen molar-refractivity contribution in [2.45, 2.75) is 31.5 Å². The average molecular weight is 496 g/mol. The number of ether oxygens (including phenoxy) is 2. The first kappa shape index (κ1) is 24.8. The summed E-state index contributed by atoms with van der Waals surface area (Å²) in [5.41, 5.74) is 1.26. The number of para-hydroxylation sites is 2. The minimum absolute atomic E-state index is 0.0877. The third kappa shape index (κ3) is 5.67. The molecular formula is C26H29N3O5S. The molecule has 2 aromatic carbocycles. The number of carbonyl (C=O) groups is 2. The molecule has 4 rings (SSSR count). The summed E-state index contributed by atoms with van der Waals surface area (Å²) in [6, 6.07) is 14.7. The molecule has 3 aromatic rings. The first-order valence-electron chi connectivity index (χ1n) is 11.7. The van der Waals surface area contributed by atoms with Gasteiger partial charge in [0.15, 0.2) is 5.16 Å². The fraction of sp³-hybridized carbons (Fsp3) is 0.385. The van der Waals surface area contributed by atoms with E-state index in [0.29, 0.717) is 41.5 Å². The zero-order valence-electron chi connectivity index (χ0n) is 19.9. The minimum Gasteiger partial charge on any atom is -0.496 e. The van der Waals surface area contributed by atoms with Gasteiger partial charge in [-0.15, -0.1) is 0 Å². The molecule has 2 heterocycles. The lowest BCUT2D eigenvalue weighted by Crippen LogP contribution is -2.43. The van der Waals surface area contributed by atoms with Gasteiger partial charge < -0.3 is 14.4 Å². The normalized spacial score (nSPS) is 15.7. The highest BCUT2D eigenvalue weighted by atomic mass is 32.2. The highest BCUT2D eigenvalue weighted by Gasteiger charge is 2.29. The fourth-order valence-corrected chi connectivity index (χ4v) is 5.18. The molecule has 0 saturated carbocycles. The number of esters is 1. The molecular weight excluding hydrogens is 466 g/mol. The summed E-state index contributed by atoms with van der Waals surface area (Å²) in [4.78, 5) is 45.0. The Morgan fingerprint density at radius 2 is 1.91 bits per heavy atom. The number of fused-ring (bicyclic) bond motifs is 1. The number of aromatic nitrogens is 2. The number of hydrogen-bond acceptors (Lipinski definition) is 7. The van der Waals surface area contributed by atoms with Crippen molar-refractivity contribution in [3.8, 4) is 5.75 Å². The molecule has 0 aliphatic carbocycles. The SMILES string of the molecule is CCOC(=O)[C@H]1CCCN(C(=O)CSc2nc3ccccc3c(=O)n2Cc2ccccc2OC)C1. The van der Waals surface area contributed by atoms with E-state index in [2.05, 4.69) is 0 Å². The minimum atomic E-state index is -0.292. The molecule has 1 atom stereocenters. The average Bonchev–Trinajstić information content (AvgIpc) is 2.89. The molecule has 1 fully saturated rings. The molecule has 35 heavy (non-hydrogen) atoms. The van der Waals surface area contributed by atoms with Crippen LogP contribution in [0.25, 0.3) is 10.9 Å². The smallest absolute Gasteiger partial charge is 0.310 e. The zero-order valence-corrected chi connectivity index (χ0v) is 20.8. The van der Waals surface area contributed by atoms with Gasteiger partial charge in [0.25, 0.3) is 5.56 Å². The highest BCUT2D eigenvalue weighted by molar-refractivity contribution is 7.99. The van der Waals surface area contributed by atoms with E-state index in [1.54, 1.807) is 35.6 Å². The number of nitrogens with zero attached hydrogens (tertiary/aromatic N) is 3. The summed E-state index contributed by atoms with van der Waals surface area (Å²) in [6.45, 7) is 3.34. The molecule has 8 nitrogen and oxygen atoms in total. The van der Waals surface area contributed by atoms with Gasteiger partial charge in [-0.05, 0) is 38.0 Å². The number of amides is 1. The van der Waals surface area contributed by atoms with Gasteiger partial charge in [-0.2, -0.15) is 0 Å². The van der Waals surface area contributed by atoms with E-state index in [9.17, 15) is 14.4 Å². The first-order chi connectivity index (χ1) is 17.0. The molecule has 1 aliphatic rings. The van der Waals surface area contributed by atoms with E-state index in [-0.39, 0.29) is 35.7 Å². The standard InChI is InChI=1S/C26H29N3O5S/c1-3-34-25(32)19-10-8-14-28(15-19)23(30)17-35-26-27-21-12-6-5-11-20(21)24(31)29(26)16-18-9-4-7-13-22(18)33-2/h4-7,9,11-13,19H,3,8,10,14-17H2,1-2H3/t19-/m0/s1. The Labute approximate surface area is 208 Å². The number of piperidine rings is 1. The molecule has 1 saturated heterocycles. The molecule has 0 N–H and O–H groups in total. The van der Waals surface area contributed by atoms with Crippen LogP contribution in [0, 0.1) is 5.92 Å². The number of thioether (sulfide) groups is 1. The molecule has 0 spiro atoms. The first-order valence-corrected chi connectivity index (χ1v) is 12.7. The number of likely N-dealkylation sites (tertiary alicyclic amines) is 1. The van der Waals surface area contributed by atoms with E-state index in [0.717, 1.165) is 18.4 Å². The van der Waals surface area contributed by atoms with Crippen molar-refractivity contribution in [1.82, 2.24) is 14.5 Å². The van der Waals surface area contributed by atoms with Crippen molar-refractivity contribution in [2.24, 2.45) is 5.92 Å². The third-order valence-electron chi connectivity index (χ3n) is 6.07. The van der Waals surface area contributed by atoms with Gasteiger partial charge in [-0.3, -0.25) is 19.0 Å². The van der Waals surface area contributed by atoms with Crippen molar-refractivity contribution in [1.29, 1.82) is 0 Å². The van der Waals surface area contributed by atoms with Crippen LogP contribution in [0.1, 0.15) is 25.3 Å². The maximum atomic E-state index is 13.4. The molecule has 0 bridgehead atoms. The quantitative estimate of drug-likeness (QED) is 0.269. The predicted octanol–water partition coefficient (Wildman–Crippen LogP) is 3.35. The molecule has 9 heteroatoms. The molecule has 0 radical (unpaired) electrons. The second-order valence-electron chi connectivity index (χ2n) is 8.33. The van der Waals surface area contributed by atoms with Crippen molar-refractivity contribution in [3.63, 3.8) is 0 Å². The second-order valence-corrected chi connectivity index (χ2v) is 9.28. The molecule has 1 aromatic heterocycles. The van der Waals surface area contributed by atoms with Crippen molar-refractivity contribution in [3.05, 3.63) is 64.4 Å². The van der Waals surface area contributed by atoms with Crippen molar-refractivity contribution in [2.75, 3.05) is 32.6 Å². The van der Waals surface area contributed by atoms with Crippen LogP contribution < -0.4 is 10.3 Å². The lowest BCUT2D eigenvalue weighted by Gasteiger charge is -2.31. The summed E-state index contributed by atoms with van der Waals surface area (Å²) in [5.74, 6) is 0.166. The summed E-state index contributed by atoms with van der Waals surface area (Å²) in [7, 11) is 1.59. The Kier molecular flexibility index (Phi) is 8.07. The fourth-order valence-electron chi connectivity index (χ4n) is 4.27. The molecule has 1 amide bonds. The lowest BCUT2D eigenvalue weighted by atomic mass is 9.98. The van der Waals surface area contributed by atoms with Gasteiger partial charge in [-0.25, -0.2) is 4.98 Å². The van der Waals surface area contributed by atoms with Crippen LogP contribution in [0.2, 0.25) is 0 Å². The van der Waals surface area contributed by atoms with Crippen LogP contribution >= 0.6 is 11.8 Å². The summed E-state index contributed by atoms with van der Waals surface area (Å²) < 4.78 is 12.2. The monoisotopic (exact) mass is 495 g/mol.